The van der Waals surface area contributed by atoms with Crippen LogP contribution in [-0.4, -0.2) is 25.0 Å². The van der Waals surface area contributed by atoms with Crippen LogP contribution >= 0.6 is 23.4 Å². The lowest BCUT2D eigenvalue weighted by atomic mass is 10.1. The molecule has 0 saturated carbocycles. The first-order valence-corrected chi connectivity index (χ1v) is 13.2. The van der Waals surface area contributed by atoms with Gasteiger partial charge in [0.15, 0.2) is 5.69 Å². The van der Waals surface area contributed by atoms with E-state index in [-0.39, 0.29) is 0 Å². The molecule has 1 aliphatic heterocycles. The van der Waals surface area contributed by atoms with Gasteiger partial charge < -0.3 is 10.1 Å². The van der Waals surface area contributed by atoms with Crippen molar-refractivity contribution in [3.63, 3.8) is 0 Å². The number of hydrogen-bond donors (Lipinski definition) is 1. The number of aryl methyl sites for hydroxylation is 2. The quantitative estimate of drug-likeness (QED) is 0.252. The van der Waals surface area contributed by atoms with Crippen LogP contribution in [0.1, 0.15) is 28.6 Å². The van der Waals surface area contributed by atoms with E-state index in [0.29, 0.717) is 21.9 Å². The molecule has 0 saturated heterocycles. The Morgan fingerprint density at radius 3 is 2.51 bits per heavy atom. The van der Waals surface area contributed by atoms with Gasteiger partial charge in [0.1, 0.15) is 5.15 Å². The number of hydrogen-bond acceptors (Lipinski definition) is 7. The fourth-order valence-corrected chi connectivity index (χ4v) is 5.33. The molecule has 3 aromatic carbocycles. The summed E-state index contributed by atoms with van der Waals surface area (Å²) < 4.78 is 8.19. The minimum Gasteiger partial charge on any atom is -0.447 e. The third-order valence-corrected chi connectivity index (χ3v) is 7.41. The Kier molecular flexibility index (Phi) is 6.28. The van der Waals surface area contributed by atoms with Crippen molar-refractivity contribution >= 4 is 29.1 Å². The first-order valence-electron chi connectivity index (χ1n) is 11.8. The fourth-order valence-electron chi connectivity index (χ4n) is 4.22. The maximum absolute atomic E-state index is 6.89. The zero-order valence-electron chi connectivity index (χ0n) is 20.2. The van der Waals surface area contributed by atoms with Gasteiger partial charge in [-0.05, 0) is 37.6 Å². The lowest BCUT2D eigenvalue weighted by molar-refractivity contribution is 0.224. The number of benzene rings is 3. The first-order chi connectivity index (χ1) is 18.1. The number of ether oxygens (including phenoxy) is 1. The van der Waals surface area contributed by atoms with E-state index in [4.69, 9.17) is 26.4 Å². The van der Waals surface area contributed by atoms with Crippen molar-refractivity contribution in [2.24, 2.45) is 0 Å². The third kappa shape index (κ3) is 4.65. The van der Waals surface area contributed by atoms with Gasteiger partial charge in [0.05, 0.1) is 16.9 Å². The second-order valence-electron chi connectivity index (χ2n) is 8.75. The van der Waals surface area contributed by atoms with Gasteiger partial charge in [0, 0.05) is 17.0 Å². The highest BCUT2D eigenvalue weighted by atomic mass is 35.5. The summed E-state index contributed by atoms with van der Waals surface area (Å²) in [5.74, 6) is 1.13. The largest absolute Gasteiger partial charge is 0.447 e. The molecule has 0 amide bonds. The molecule has 0 radical (unpaired) electrons. The first kappa shape index (κ1) is 23.5. The van der Waals surface area contributed by atoms with Gasteiger partial charge >= 0.3 is 0 Å². The van der Waals surface area contributed by atoms with Crippen LogP contribution in [0.2, 0.25) is 5.15 Å². The molecule has 9 heteroatoms. The molecular formula is C28H23ClN6OS. The highest BCUT2D eigenvalue weighted by molar-refractivity contribution is 7.98. The Balaban J connectivity index is 1.37. The van der Waals surface area contributed by atoms with E-state index in [0.717, 1.165) is 33.9 Å². The molecule has 37 heavy (non-hydrogen) atoms. The number of rotatable bonds is 5. The number of aromatic nitrogens is 5. The van der Waals surface area contributed by atoms with Gasteiger partial charge in [0.2, 0.25) is 17.3 Å². The lowest BCUT2D eigenvalue weighted by Crippen LogP contribution is -2.18. The van der Waals surface area contributed by atoms with Gasteiger partial charge in [-0.1, -0.05) is 89.6 Å². The Morgan fingerprint density at radius 1 is 0.946 bits per heavy atom. The molecule has 2 aromatic heterocycles. The molecule has 0 bridgehead atoms. The van der Waals surface area contributed by atoms with Crippen molar-refractivity contribution in [1.82, 2.24) is 25.0 Å². The van der Waals surface area contributed by atoms with Gasteiger partial charge in [-0.2, -0.15) is 10.1 Å². The van der Waals surface area contributed by atoms with Crippen molar-refractivity contribution in [3.8, 4) is 22.8 Å². The SMILES string of the molecule is Cc1ccc(CSc2nnc3c(n2)O[C@H](c2c(C)nn(-c4ccccc4)c2Cl)Nc2ccccc2-3)cc1. The molecule has 0 unspecified atom stereocenters. The third-order valence-electron chi connectivity index (χ3n) is 6.13. The van der Waals surface area contributed by atoms with E-state index in [1.165, 1.54) is 22.9 Å². The molecule has 5 aromatic rings. The van der Waals surface area contributed by atoms with Crippen LogP contribution in [-0.2, 0) is 5.75 Å². The van der Waals surface area contributed by atoms with Crippen LogP contribution in [0.15, 0.2) is 84.0 Å². The zero-order valence-corrected chi connectivity index (χ0v) is 21.8. The molecule has 0 aliphatic carbocycles. The number of thioether (sulfide) groups is 1. The topological polar surface area (TPSA) is 77.8 Å². The van der Waals surface area contributed by atoms with Crippen molar-refractivity contribution in [2.45, 2.75) is 31.0 Å². The summed E-state index contributed by atoms with van der Waals surface area (Å²) in [7, 11) is 0. The second-order valence-corrected chi connectivity index (χ2v) is 10.0. The second kappa shape index (κ2) is 9.88. The molecule has 7 nitrogen and oxygen atoms in total. The van der Waals surface area contributed by atoms with Crippen LogP contribution in [0.5, 0.6) is 5.88 Å². The number of anilines is 1. The fraction of sp³-hybridized carbons (Fsp3) is 0.143. The number of fused-ring (bicyclic) bond motifs is 3. The maximum atomic E-state index is 6.89. The van der Waals surface area contributed by atoms with E-state index < -0.39 is 6.23 Å². The zero-order chi connectivity index (χ0) is 25.4. The average molecular weight is 527 g/mol. The van der Waals surface area contributed by atoms with Crippen LogP contribution in [0, 0.1) is 13.8 Å². The van der Waals surface area contributed by atoms with Crippen molar-refractivity contribution in [1.29, 1.82) is 0 Å². The van der Waals surface area contributed by atoms with E-state index >= 15 is 0 Å². The summed E-state index contributed by atoms with van der Waals surface area (Å²) in [5.41, 5.74) is 7.07. The molecule has 0 fully saturated rings. The van der Waals surface area contributed by atoms with Crippen LogP contribution < -0.4 is 10.1 Å². The Bertz CT molecular complexity index is 1570. The Hall–Kier alpha value is -3.88. The molecular weight excluding hydrogens is 504 g/mol. The summed E-state index contributed by atoms with van der Waals surface area (Å²) in [6.07, 6.45) is -0.626. The summed E-state index contributed by atoms with van der Waals surface area (Å²) in [4.78, 5) is 4.76. The van der Waals surface area contributed by atoms with Crippen LogP contribution in [0.25, 0.3) is 16.9 Å². The molecule has 1 aliphatic rings. The molecule has 184 valence electrons. The average Bonchev–Trinajstić information content (AvgIpc) is 3.12. The van der Waals surface area contributed by atoms with Gasteiger partial charge in [-0.25, -0.2) is 4.68 Å². The number of para-hydroxylation sites is 2. The predicted octanol–water partition coefficient (Wildman–Crippen LogP) is 6.79. The summed E-state index contributed by atoms with van der Waals surface area (Å²) in [5, 5.41) is 18.1. The number of nitrogens with one attached hydrogen (secondary N) is 1. The molecule has 6 rings (SSSR count). The molecule has 0 spiro atoms. The van der Waals surface area contributed by atoms with Gasteiger partial charge in [0.25, 0.3) is 0 Å². The van der Waals surface area contributed by atoms with E-state index in [9.17, 15) is 0 Å². The van der Waals surface area contributed by atoms with Gasteiger partial charge in [-0.15, -0.1) is 10.2 Å². The summed E-state index contributed by atoms with van der Waals surface area (Å²) in [6, 6.07) is 26.1. The van der Waals surface area contributed by atoms with Gasteiger partial charge in [-0.3, -0.25) is 0 Å². The van der Waals surface area contributed by atoms with Crippen LogP contribution in [0.4, 0.5) is 5.69 Å². The molecule has 3 heterocycles. The monoisotopic (exact) mass is 526 g/mol. The van der Waals surface area contributed by atoms with Crippen LogP contribution in [0.3, 0.4) is 0 Å². The highest BCUT2D eigenvalue weighted by Crippen LogP contribution is 2.41. The predicted molar refractivity (Wildman–Crippen MR) is 146 cm³/mol. The Labute approximate surface area is 223 Å². The minimum absolute atomic E-state index is 0.395. The van der Waals surface area contributed by atoms with Crippen molar-refractivity contribution in [3.05, 3.63) is 106 Å². The molecule has 1 N–H and O–H groups in total. The normalized spacial score (nSPS) is 14.2. The minimum atomic E-state index is -0.626. The smallest absolute Gasteiger partial charge is 0.247 e. The maximum Gasteiger partial charge on any atom is 0.247 e. The van der Waals surface area contributed by atoms with E-state index in [1.54, 1.807) is 4.68 Å². The van der Waals surface area contributed by atoms with Crippen molar-refractivity contribution in [2.75, 3.05) is 5.32 Å². The summed E-state index contributed by atoms with van der Waals surface area (Å²) >= 11 is 8.41. The number of nitrogens with zero attached hydrogens (tertiary/aromatic N) is 5. The molecule has 1 atom stereocenters. The number of halogens is 1. The Morgan fingerprint density at radius 2 is 1.70 bits per heavy atom. The summed E-state index contributed by atoms with van der Waals surface area (Å²) in [6.45, 7) is 4.00. The standard InChI is InChI=1S/C28H23ClN6OS/c1-17-12-14-19(15-13-17)16-37-28-31-27-24(32-33-28)21-10-6-7-11-22(21)30-26(36-27)23-18(2)34-35(25(23)29)20-8-4-3-5-9-20/h3-15,26,30H,16H2,1-2H3/t26-/m1/s1. The van der Waals surface area contributed by atoms with E-state index in [1.807, 2.05) is 61.5 Å². The van der Waals surface area contributed by atoms with Crippen molar-refractivity contribution < 1.29 is 4.74 Å². The van der Waals surface area contributed by atoms with E-state index in [2.05, 4.69) is 46.7 Å². The lowest BCUT2D eigenvalue weighted by Gasteiger charge is -2.19. The highest BCUT2D eigenvalue weighted by Gasteiger charge is 2.31.